The van der Waals surface area contributed by atoms with Crippen LogP contribution in [-0.2, 0) is 25.7 Å². The summed E-state index contributed by atoms with van der Waals surface area (Å²) in [6.07, 6.45) is 7.83. The van der Waals surface area contributed by atoms with E-state index in [0.29, 0.717) is 31.6 Å². The molecule has 0 aliphatic carbocycles. The summed E-state index contributed by atoms with van der Waals surface area (Å²) >= 11 is 1.20. The Morgan fingerprint density at radius 2 is 1.85 bits per heavy atom. The number of aromatic amines is 1. The Bertz CT molecular complexity index is 1060. The first-order chi connectivity index (χ1) is 19.0. The summed E-state index contributed by atoms with van der Waals surface area (Å²) in [5, 5.41) is 0. The lowest BCUT2D eigenvalue weighted by Crippen LogP contribution is -2.53. The third-order valence-electron chi connectivity index (χ3n) is 6.14. The number of H-pyrrole nitrogens is 1. The number of ether oxygens (including phenoxy) is 4. The fraction of sp³-hybridized carbons (Fsp3) is 0.586. The van der Waals surface area contributed by atoms with E-state index in [-0.39, 0.29) is 25.9 Å². The molecular weight excluding hydrogens is 520 g/mol. The summed E-state index contributed by atoms with van der Waals surface area (Å²) in [5.74, 6) is 1.03. The minimum absolute atomic E-state index is 0.0791. The summed E-state index contributed by atoms with van der Waals surface area (Å²) < 4.78 is 32.0. The van der Waals surface area contributed by atoms with Crippen LogP contribution in [0.4, 0.5) is 0 Å². The van der Waals surface area contributed by atoms with Crippen molar-refractivity contribution >= 4 is 12.0 Å². The molecule has 1 aromatic carbocycles. The van der Waals surface area contributed by atoms with Crippen LogP contribution in [0.25, 0.3) is 0 Å². The first-order valence-electron chi connectivity index (χ1n) is 13.6. The van der Waals surface area contributed by atoms with Crippen molar-refractivity contribution in [2.45, 2.75) is 77.7 Å². The van der Waals surface area contributed by atoms with Crippen LogP contribution >= 0.6 is 12.0 Å². The van der Waals surface area contributed by atoms with Gasteiger partial charge in [0, 0.05) is 25.0 Å². The standard InChI is InChI=1S/C29H44N2O7S/c1-5-8-16-29(21-34-17-9-6-2,37-22-31-19-24(4)27(32)30-28(31)33)26(36-18-10-7-3)20-35-23-39-38-25-14-12-11-13-15-25/h5,11-15,19,26H,1,6-10,16-18,20-23H2,2-4H3,(H,30,32,33)/t26?,29-/m1/s1. The molecule has 218 valence electrons. The molecule has 0 aliphatic rings. The fourth-order valence-corrected chi connectivity index (χ4v) is 4.22. The Kier molecular flexibility index (Phi) is 15.9. The molecule has 0 aliphatic heterocycles. The monoisotopic (exact) mass is 564 g/mol. The summed E-state index contributed by atoms with van der Waals surface area (Å²) in [4.78, 5) is 26.7. The van der Waals surface area contributed by atoms with E-state index in [2.05, 4.69) is 25.4 Å². The van der Waals surface area contributed by atoms with Gasteiger partial charge in [-0.3, -0.25) is 14.3 Å². The Morgan fingerprint density at radius 3 is 2.56 bits per heavy atom. The van der Waals surface area contributed by atoms with Crippen LogP contribution in [0.5, 0.6) is 5.75 Å². The van der Waals surface area contributed by atoms with Crippen LogP contribution in [0.3, 0.4) is 0 Å². The van der Waals surface area contributed by atoms with Crippen molar-refractivity contribution in [3.8, 4) is 5.75 Å². The fourth-order valence-electron chi connectivity index (χ4n) is 3.76. The molecule has 0 amide bonds. The van der Waals surface area contributed by atoms with E-state index in [0.717, 1.165) is 31.4 Å². The average Bonchev–Trinajstić information content (AvgIpc) is 2.94. The zero-order chi connectivity index (χ0) is 28.3. The highest BCUT2D eigenvalue weighted by atomic mass is 32.2. The highest BCUT2D eigenvalue weighted by molar-refractivity contribution is 7.94. The van der Waals surface area contributed by atoms with E-state index >= 15 is 0 Å². The number of allylic oxidation sites excluding steroid dienone is 1. The van der Waals surface area contributed by atoms with Gasteiger partial charge in [0.25, 0.3) is 5.56 Å². The lowest BCUT2D eigenvalue weighted by atomic mass is 9.91. The number of para-hydroxylation sites is 1. The maximum atomic E-state index is 12.5. The smallest absolute Gasteiger partial charge is 0.330 e. The Morgan fingerprint density at radius 1 is 1.10 bits per heavy atom. The lowest BCUT2D eigenvalue weighted by Gasteiger charge is -2.40. The van der Waals surface area contributed by atoms with E-state index in [1.165, 1.54) is 22.8 Å². The van der Waals surface area contributed by atoms with Gasteiger partial charge >= 0.3 is 5.69 Å². The number of benzene rings is 1. The van der Waals surface area contributed by atoms with Crippen molar-refractivity contribution in [3.05, 3.63) is 75.6 Å². The van der Waals surface area contributed by atoms with Crippen molar-refractivity contribution < 1.29 is 23.1 Å². The number of hydrogen-bond acceptors (Lipinski definition) is 8. The normalized spacial score (nSPS) is 13.6. The van der Waals surface area contributed by atoms with Crippen LogP contribution in [0, 0.1) is 6.92 Å². The van der Waals surface area contributed by atoms with Crippen LogP contribution < -0.4 is 15.4 Å². The molecule has 1 heterocycles. The maximum Gasteiger partial charge on any atom is 0.330 e. The predicted octanol–water partition coefficient (Wildman–Crippen LogP) is 5.23. The summed E-state index contributed by atoms with van der Waals surface area (Å²) in [5.41, 5.74) is -1.46. The van der Waals surface area contributed by atoms with Gasteiger partial charge in [-0.2, -0.15) is 0 Å². The Balaban J connectivity index is 2.24. The number of unbranched alkanes of at least 4 members (excludes halogenated alkanes) is 2. The SMILES string of the molecule is C=CCC[C@](COCCCC)(OCn1cc(C)c(=O)[nH]c1=O)C(COCSOc1ccccc1)OCCCC. The number of nitrogens with one attached hydrogen (secondary N) is 1. The minimum Gasteiger partial charge on any atom is -0.423 e. The van der Waals surface area contributed by atoms with Crippen LogP contribution in [-0.4, -0.2) is 53.6 Å². The van der Waals surface area contributed by atoms with Crippen molar-refractivity contribution in [1.29, 1.82) is 0 Å². The van der Waals surface area contributed by atoms with Crippen LogP contribution in [0.1, 0.15) is 57.9 Å². The quantitative estimate of drug-likeness (QED) is 0.0898. The van der Waals surface area contributed by atoms with Crippen LogP contribution in [0.15, 0.2) is 58.8 Å². The van der Waals surface area contributed by atoms with Crippen molar-refractivity contribution in [3.63, 3.8) is 0 Å². The largest absolute Gasteiger partial charge is 0.423 e. The zero-order valence-electron chi connectivity index (χ0n) is 23.5. The third-order valence-corrected chi connectivity index (χ3v) is 6.72. The molecule has 2 atom stereocenters. The average molecular weight is 565 g/mol. The molecule has 39 heavy (non-hydrogen) atoms. The molecule has 0 bridgehead atoms. The van der Waals surface area contributed by atoms with Crippen LogP contribution in [0.2, 0.25) is 0 Å². The summed E-state index contributed by atoms with van der Waals surface area (Å²) in [6.45, 7) is 11.3. The molecule has 0 fully saturated rings. The number of hydrogen-bond donors (Lipinski definition) is 1. The highest BCUT2D eigenvalue weighted by Gasteiger charge is 2.41. The van der Waals surface area contributed by atoms with Gasteiger partial charge in [0.1, 0.15) is 30.1 Å². The second kappa shape index (κ2) is 18.8. The van der Waals surface area contributed by atoms with E-state index < -0.39 is 23.0 Å². The molecule has 0 saturated carbocycles. The summed E-state index contributed by atoms with van der Waals surface area (Å²) in [7, 11) is 0. The van der Waals surface area contributed by atoms with Gasteiger partial charge in [0.05, 0.1) is 25.3 Å². The topological polar surface area (TPSA) is 101 Å². The van der Waals surface area contributed by atoms with Gasteiger partial charge in [-0.1, -0.05) is 51.0 Å². The molecule has 2 rings (SSSR count). The molecule has 1 N–H and O–H groups in total. The van der Waals surface area contributed by atoms with E-state index in [1.54, 1.807) is 6.92 Å². The predicted molar refractivity (Wildman–Crippen MR) is 155 cm³/mol. The van der Waals surface area contributed by atoms with Gasteiger partial charge in [-0.15, -0.1) is 6.58 Å². The van der Waals surface area contributed by atoms with Gasteiger partial charge in [0.15, 0.2) is 0 Å². The van der Waals surface area contributed by atoms with E-state index in [9.17, 15) is 9.59 Å². The first-order valence-corrected chi connectivity index (χ1v) is 14.5. The molecule has 0 saturated heterocycles. The number of nitrogens with zero attached hydrogens (tertiary/aromatic N) is 1. The van der Waals surface area contributed by atoms with Crippen molar-refractivity contribution in [1.82, 2.24) is 9.55 Å². The molecule has 2 aromatic rings. The van der Waals surface area contributed by atoms with E-state index in [4.69, 9.17) is 23.1 Å². The Hall–Kier alpha value is -2.37. The molecule has 1 unspecified atom stereocenters. The van der Waals surface area contributed by atoms with Gasteiger partial charge in [-0.05, 0) is 44.7 Å². The molecule has 1 aromatic heterocycles. The second-order valence-electron chi connectivity index (χ2n) is 9.33. The minimum atomic E-state index is -0.926. The van der Waals surface area contributed by atoms with Gasteiger partial charge in [0.2, 0.25) is 0 Å². The first kappa shape index (κ1) is 32.8. The molecular formula is C29H44N2O7S. The number of rotatable bonds is 22. The third kappa shape index (κ3) is 11.7. The highest BCUT2D eigenvalue weighted by Crippen LogP contribution is 2.28. The van der Waals surface area contributed by atoms with Gasteiger partial charge in [-0.25, -0.2) is 4.79 Å². The number of aromatic nitrogens is 2. The molecule has 0 spiro atoms. The van der Waals surface area contributed by atoms with E-state index in [1.807, 2.05) is 36.4 Å². The maximum absolute atomic E-state index is 12.5. The molecule has 10 heteroatoms. The molecule has 0 radical (unpaired) electrons. The number of aryl methyl sites for hydroxylation is 1. The summed E-state index contributed by atoms with van der Waals surface area (Å²) in [6, 6.07) is 9.51. The molecule has 9 nitrogen and oxygen atoms in total. The second-order valence-corrected chi connectivity index (χ2v) is 9.97. The van der Waals surface area contributed by atoms with Crippen molar-refractivity contribution in [2.75, 3.05) is 32.4 Å². The Labute approximate surface area is 236 Å². The lowest BCUT2D eigenvalue weighted by molar-refractivity contribution is -0.208. The van der Waals surface area contributed by atoms with Gasteiger partial charge < -0.3 is 23.1 Å². The van der Waals surface area contributed by atoms with Crippen molar-refractivity contribution in [2.24, 2.45) is 0 Å². The zero-order valence-corrected chi connectivity index (χ0v) is 24.3.